The summed E-state index contributed by atoms with van der Waals surface area (Å²) in [6.45, 7) is 3.04. The maximum atomic E-state index is 6.24. The molecule has 2 N–H and O–H groups in total. The van der Waals surface area contributed by atoms with Gasteiger partial charge in [-0.3, -0.25) is 0 Å². The Balaban J connectivity index is 1.97. The Kier molecular flexibility index (Phi) is 5.05. The molecule has 0 aliphatic carbocycles. The molecule has 3 heteroatoms. The first-order valence-electron chi connectivity index (χ1n) is 6.86. The molecule has 0 saturated heterocycles. The van der Waals surface area contributed by atoms with Gasteiger partial charge in [0.15, 0.2) is 0 Å². The highest BCUT2D eigenvalue weighted by atomic mass is 35.5. The summed E-state index contributed by atoms with van der Waals surface area (Å²) < 4.78 is 0. The molecule has 0 fully saturated rings. The predicted octanol–water partition coefficient (Wildman–Crippen LogP) is 4.17. The molecule has 1 unspecified atom stereocenters. The van der Waals surface area contributed by atoms with E-state index in [1.807, 2.05) is 24.3 Å². The molecule has 0 saturated carbocycles. The summed E-state index contributed by atoms with van der Waals surface area (Å²) in [5.41, 5.74) is 9.88. The Morgan fingerprint density at radius 1 is 1.15 bits per heavy atom. The number of halogens is 1. The van der Waals surface area contributed by atoms with Gasteiger partial charge in [-0.15, -0.1) is 0 Å². The van der Waals surface area contributed by atoms with Gasteiger partial charge in [-0.1, -0.05) is 41.9 Å². The largest absolute Gasteiger partial charge is 0.374 e. The van der Waals surface area contributed by atoms with Gasteiger partial charge in [0.25, 0.3) is 0 Å². The highest BCUT2D eigenvalue weighted by Crippen LogP contribution is 2.21. The number of anilines is 1. The van der Waals surface area contributed by atoms with Crippen molar-refractivity contribution in [2.45, 2.75) is 19.4 Å². The molecular weight excluding hydrogens is 268 g/mol. The molecule has 0 aliphatic rings. The minimum absolute atomic E-state index is 0.0140. The summed E-state index contributed by atoms with van der Waals surface area (Å²) >= 11 is 6.00. The molecule has 0 amide bonds. The van der Waals surface area contributed by atoms with Crippen LogP contribution in [-0.2, 0) is 0 Å². The molecular formula is C17H21ClN2. The molecule has 2 nitrogen and oxygen atoms in total. The van der Waals surface area contributed by atoms with Crippen molar-refractivity contribution in [3.8, 4) is 0 Å². The molecule has 0 spiro atoms. The summed E-state index contributed by atoms with van der Waals surface area (Å²) in [5.74, 6) is 0. The van der Waals surface area contributed by atoms with E-state index in [2.05, 4.69) is 43.1 Å². The molecule has 0 heterocycles. The van der Waals surface area contributed by atoms with Gasteiger partial charge in [0.2, 0.25) is 0 Å². The highest BCUT2D eigenvalue weighted by molar-refractivity contribution is 6.30. The fraction of sp³-hybridized carbons (Fsp3) is 0.294. The second-order valence-electron chi connectivity index (χ2n) is 5.16. The van der Waals surface area contributed by atoms with Gasteiger partial charge in [0, 0.05) is 30.3 Å². The molecule has 0 aromatic heterocycles. The molecule has 20 heavy (non-hydrogen) atoms. The van der Waals surface area contributed by atoms with Crippen LogP contribution in [0.1, 0.15) is 23.6 Å². The van der Waals surface area contributed by atoms with Gasteiger partial charge < -0.3 is 10.6 Å². The average Bonchev–Trinajstić information content (AvgIpc) is 2.45. The first-order valence-corrected chi connectivity index (χ1v) is 7.23. The van der Waals surface area contributed by atoms with Crippen molar-refractivity contribution in [1.82, 2.24) is 0 Å². The summed E-state index contributed by atoms with van der Waals surface area (Å²) in [5, 5.41) is 0.741. The van der Waals surface area contributed by atoms with Crippen LogP contribution in [0.4, 0.5) is 5.69 Å². The molecule has 106 valence electrons. The van der Waals surface area contributed by atoms with Crippen LogP contribution < -0.4 is 10.6 Å². The SMILES string of the molecule is Cc1ccccc1N(C)CCC(N)c1cccc(Cl)c1. The first-order chi connectivity index (χ1) is 9.58. The number of para-hydroxylation sites is 1. The topological polar surface area (TPSA) is 29.3 Å². The Bertz CT molecular complexity index is 568. The smallest absolute Gasteiger partial charge is 0.0409 e. The van der Waals surface area contributed by atoms with Crippen LogP contribution >= 0.6 is 11.6 Å². The summed E-state index contributed by atoms with van der Waals surface area (Å²) in [6, 6.07) is 16.2. The summed E-state index contributed by atoms with van der Waals surface area (Å²) in [4.78, 5) is 2.25. The van der Waals surface area contributed by atoms with E-state index in [1.165, 1.54) is 11.3 Å². The molecule has 0 aliphatic heterocycles. The van der Waals surface area contributed by atoms with Crippen LogP contribution in [0.15, 0.2) is 48.5 Å². The van der Waals surface area contributed by atoms with Crippen LogP contribution in [0, 0.1) is 6.92 Å². The molecule has 1 atom stereocenters. The van der Waals surface area contributed by atoms with Gasteiger partial charge >= 0.3 is 0 Å². The fourth-order valence-corrected chi connectivity index (χ4v) is 2.55. The quantitative estimate of drug-likeness (QED) is 0.894. The molecule has 0 bridgehead atoms. The van der Waals surface area contributed by atoms with Crippen molar-refractivity contribution in [3.05, 3.63) is 64.7 Å². The van der Waals surface area contributed by atoms with Crippen molar-refractivity contribution in [2.75, 3.05) is 18.5 Å². The fourth-order valence-electron chi connectivity index (χ4n) is 2.35. The van der Waals surface area contributed by atoms with E-state index in [1.54, 1.807) is 0 Å². The number of benzene rings is 2. The molecule has 0 radical (unpaired) electrons. The van der Waals surface area contributed by atoms with Gasteiger partial charge in [0.05, 0.1) is 0 Å². The molecule has 2 aromatic carbocycles. The first kappa shape index (κ1) is 14.9. The van der Waals surface area contributed by atoms with Crippen LogP contribution in [-0.4, -0.2) is 13.6 Å². The van der Waals surface area contributed by atoms with E-state index in [-0.39, 0.29) is 6.04 Å². The minimum Gasteiger partial charge on any atom is -0.374 e. The number of nitrogens with two attached hydrogens (primary N) is 1. The van der Waals surface area contributed by atoms with E-state index in [9.17, 15) is 0 Å². The van der Waals surface area contributed by atoms with E-state index < -0.39 is 0 Å². The minimum atomic E-state index is 0.0140. The van der Waals surface area contributed by atoms with Crippen molar-refractivity contribution >= 4 is 17.3 Å². The van der Waals surface area contributed by atoms with Gasteiger partial charge in [-0.25, -0.2) is 0 Å². The van der Waals surface area contributed by atoms with Crippen LogP contribution in [0.5, 0.6) is 0 Å². The lowest BCUT2D eigenvalue weighted by atomic mass is 10.0. The monoisotopic (exact) mass is 288 g/mol. The Hall–Kier alpha value is -1.51. The normalized spacial score (nSPS) is 12.2. The number of nitrogens with zero attached hydrogens (tertiary/aromatic N) is 1. The third-order valence-corrected chi connectivity index (χ3v) is 3.81. The Morgan fingerprint density at radius 2 is 1.90 bits per heavy atom. The van der Waals surface area contributed by atoms with Gasteiger partial charge in [-0.05, 0) is 42.7 Å². The maximum absolute atomic E-state index is 6.24. The van der Waals surface area contributed by atoms with Crippen LogP contribution in [0.3, 0.4) is 0 Å². The molecule has 2 rings (SSSR count). The van der Waals surface area contributed by atoms with Crippen molar-refractivity contribution < 1.29 is 0 Å². The lowest BCUT2D eigenvalue weighted by molar-refractivity contribution is 0.645. The second kappa shape index (κ2) is 6.78. The lowest BCUT2D eigenvalue weighted by Crippen LogP contribution is -2.23. The molecule has 2 aromatic rings. The zero-order valence-corrected chi connectivity index (χ0v) is 12.8. The number of hydrogen-bond donors (Lipinski definition) is 1. The maximum Gasteiger partial charge on any atom is 0.0409 e. The van der Waals surface area contributed by atoms with E-state index in [4.69, 9.17) is 17.3 Å². The third kappa shape index (κ3) is 3.75. The van der Waals surface area contributed by atoms with Gasteiger partial charge in [0.1, 0.15) is 0 Å². The van der Waals surface area contributed by atoms with Crippen molar-refractivity contribution in [3.63, 3.8) is 0 Å². The lowest BCUT2D eigenvalue weighted by Gasteiger charge is -2.23. The standard InChI is InChI=1S/C17H21ClN2/c1-13-6-3-4-9-17(13)20(2)11-10-16(19)14-7-5-8-15(18)12-14/h3-9,12,16H,10-11,19H2,1-2H3. The number of aryl methyl sites for hydroxylation is 1. The zero-order valence-electron chi connectivity index (χ0n) is 12.0. The van der Waals surface area contributed by atoms with Crippen LogP contribution in [0.25, 0.3) is 0 Å². The predicted molar refractivity (Wildman–Crippen MR) is 87.4 cm³/mol. The van der Waals surface area contributed by atoms with Crippen molar-refractivity contribution in [2.24, 2.45) is 5.73 Å². The Labute approximate surface area is 126 Å². The van der Waals surface area contributed by atoms with Crippen LogP contribution in [0.2, 0.25) is 5.02 Å². The number of rotatable bonds is 5. The highest BCUT2D eigenvalue weighted by Gasteiger charge is 2.09. The van der Waals surface area contributed by atoms with E-state index in [0.29, 0.717) is 0 Å². The van der Waals surface area contributed by atoms with Gasteiger partial charge in [-0.2, -0.15) is 0 Å². The Morgan fingerprint density at radius 3 is 2.60 bits per heavy atom. The van der Waals surface area contributed by atoms with Crippen molar-refractivity contribution in [1.29, 1.82) is 0 Å². The summed E-state index contributed by atoms with van der Waals surface area (Å²) in [6.07, 6.45) is 0.894. The average molecular weight is 289 g/mol. The number of hydrogen-bond acceptors (Lipinski definition) is 2. The van der Waals surface area contributed by atoms with E-state index in [0.717, 1.165) is 23.6 Å². The van der Waals surface area contributed by atoms with E-state index >= 15 is 0 Å². The summed E-state index contributed by atoms with van der Waals surface area (Å²) in [7, 11) is 2.10. The third-order valence-electron chi connectivity index (χ3n) is 3.58. The second-order valence-corrected chi connectivity index (χ2v) is 5.59. The zero-order chi connectivity index (χ0) is 14.5.